The predicted octanol–water partition coefficient (Wildman–Crippen LogP) is 9.20. The lowest BCUT2D eigenvalue weighted by Crippen LogP contribution is -2.13. The molecule has 1 atom stereocenters. The Hall–Kier alpha value is -3.55. The van der Waals surface area contributed by atoms with Crippen molar-refractivity contribution in [2.45, 2.75) is 58.7 Å². The van der Waals surface area contributed by atoms with Gasteiger partial charge in [0, 0.05) is 20.6 Å². The van der Waals surface area contributed by atoms with Crippen LogP contribution in [0.5, 0.6) is 5.75 Å². The van der Waals surface area contributed by atoms with Gasteiger partial charge in [-0.1, -0.05) is 51.3 Å². The minimum atomic E-state index is -4.63. The fourth-order valence-electron chi connectivity index (χ4n) is 4.05. The van der Waals surface area contributed by atoms with Gasteiger partial charge in [0.2, 0.25) is 5.91 Å². The summed E-state index contributed by atoms with van der Waals surface area (Å²) in [5.74, 6) is 0.0217. The monoisotopic (exact) mass is 520 g/mol. The Morgan fingerprint density at radius 3 is 2.38 bits per heavy atom. The molecule has 0 saturated heterocycles. The molecule has 3 rings (SSSR count). The molecule has 4 nitrogen and oxygen atoms in total. The molecule has 37 heavy (non-hydrogen) atoms. The Labute approximate surface area is 218 Å². The van der Waals surface area contributed by atoms with E-state index in [0.29, 0.717) is 29.3 Å². The van der Waals surface area contributed by atoms with Crippen molar-refractivity contribution in [1.82, 2.24) is 0 Å². The average Bonchev–Trinajstić information content (AvgIpc) is 2.86. The summed E-state index contributed by atoms with van der Waals surface area (Å²) in [4.78, 5) is 12.4. The normalized spacial score (nSPS) is 12.2. The molecule has 0 fully saturated rings. The van der Waals surface area contributed by atoms with Gasteiger partial charge in [-0.3, -0.25) is 4.79 Å². The summed E-state index contributed by atoms with van der Waals surface area (Å²) in [6.45, 7) is 4.25. The van der Waals surface area contributed by atoms with E-state index in [1.54, 1.807) is 24.3 Å². The number of ether oxygens (including phenoxy) is 1. The number of benzene rings is 3. The van der Waals surface area contributed by atoms with Crippen molar-refractivity contribution in [2.24, 2.45) is 5.92 Å². The van der Waals surface area contributed by atoms with Crippen LogP contribution in [0.1, 0.15) is 59.9 Å². The average molecular weight is 521 g/mol. The van der Waals surface area contributed by atoms with Crippen LogP contribution in [0.4, 0.5) is 34.6 Å². The number of hydrogen-bond donors (Lipinski definition) is 2. The number of nitrogens with one attached hydrogen (secondary N) is 2. The lowest BCUT2D eigenvalue weighted by Gasteiger charge is -2.17. The third kappa shape index (κ3) is 8.81. The number of hydrogen-bond acceptors (Lipinski definition) is 3. The van der Waals surface area contributed by atoms with Gasteiger partial charge in [-0.2, -0.15) is 13.2 Å². The largest absolute Gasteiger partial charge is 0.489 e. The Kier molecular flexibility index (Phi) is 9.94. The Bertz CT molecular complexity index is 1170. The summed E-state index contributed by atoms with van der Waals surface area (Å²) in [6, 6.07) is 15.8. The smallest absolute Gasteiger partial charge is 0.418 e. The van der Waals surface area contributed by atoms with Crippen molar-refractivity contribution < 1.29 is 29.9 Å². The first-order valence-electron chi connectivity index (χ1n) is 12.4. The summed E-state index contributed by atoms with van der Waals surface area (Å²) in [7, 11) is 0. The quantitative estimate of drug-likeness (QED) is 0.234. The molecular weight excluding hydrogens is 484 g/mol. The first-order chi connectivity index (χ1) is 17.7. The number of amides is 1. The van der Waals surface area contributed by atoms with E-state index in [1.165, 1.54) is 36.4 Å². The fourth-order valence-corrected chi connectivity index (χ4v) is 4.05. The molecule has 2 N–H and O–H groups in total. The maximum atomic E-state index is 13.8. The number of anilines is 3. The first kappa shape index (κ1) is 28.0. The molecule has 0 aliphatic rings. The van der Waals surface area contributed by atoms with Crippen LogP contribution < -0.4 is 15.4 Å². The van der Waals surface area contributed by atoms with Crippen LogP contribution in [0.25, 0.3) is 0 Å². The number of halogens is 4. The van der Waals surface area contributed by atoms with Crippen molar-refractivity contribution in [3.8, 4) is 5.75 Å². The molecule has 3 aromatic rings. The summed E-state index contributed by atoms with van der Waals surface area (Å²) in [5, 5.41) is 5.64. The lowest BCUT2D eigenvalue weighted by molar-refractivity contribution is -0.137. The molecule has 0 bridgehead atoms. The summed E-state index contributed by atoms with van der Waals surface area (Å²) in [5.41, 5.74) is 0.509. The molecule has 0 spiro atoms. The van der Waals surface area contributed by atoms with Gasteiger partial charge in [-0.15, -0.1) is 0 Å². The molecule has 1 amide bonds. The Balaban J connectivity index is 0.00000380. The van der Waals surface area contributed by atoms with Gasteiger partial charge < -0.3 is 15.4 Å². The van der Waals surface area contributed by atoms with E-state index in [1.807, 2.05) is 0 Å². The van der Waals surface area contributed by atoms with Crippen molar-refractivity contribution in [3.05, 3.63) is 83.7 Å². The maximum Gasteiger partial charge on any atom is 0.418 e. The molecule has 202 valence electrons. The second kappa shape index (κ2) is 13.1. The van der Waals surface area contributed by atoms with Crippen molar-refractivity contribution >= 4 is 23.0 Å². The molecule has 0 aliphatic carbocycles. The molecule has 0 aromatic heterocycles. The number of carbonyl (C=O) groups is 1. The topological polar surface area (TPSA) is 50.4 Å². The van der Waals surface area contributed by atoms with Gasteiger partial charge >= 0.3 is 6.18 Å². The van der Waals surface area contributed by atoms with Gasteiger partial charge in [0.1, 0.15) is 18.2 Å². The highest BCUT2D eigenvalue weighted by Gasteiger charge is 2.34. The molecule has 0 radical (unpaired) electrons. The van der Waals surface area contributed by atoms with E-state index in [0.717, 1.165) is 31.7 Å². The van der Waals surface area contributed by atoms with E-state index in [9.17, 15) is 22.4 Å². The second-order valence-corrected chi connectivity index (χ2v) is 8.98. The molecule has 0 saturated carbocycles. The van der Waals surface area contributed by atoms with Crippen LogP contribution in [0.2, 0.25) is 0 Å². The molecule has 0 aliphatic heterocycles. The van der Waals surface area contributed by atoms with Crippen molar-refractivity contribution in [3.63, 3.8) is 0 Å². The van der Waals surface area contributed by atoms with E-state index in [4.69, 9.17) is 4.74 Å². The fraction of sp³-hybridized carbons (Fsp3) is 0.345. The molecule has 0 heterocycles. The summed E-state index contributed by atoms with van der Waals surface area (Å²) in [6.07, 6.45) is -0.238. The van der Waals surface area contributed by atoms with Gasteiger partial charge in [0.25, 0.3) is 0 Å². The minimum Gasteiger partial charge on any atom is -0.489 e. The molecule has 8 heteroatoms. The minimum absolute atomic E-state index is 0. The zero-order valence-electron chi connectivity index (χ0n) is 21.0. The zero-order valence-corrected chi connectivity index (χ0v) is 21.0. The van der Waals surface area contributed by atoms with Gasteiger partial charge in [-0.25, -0.2) is 4.39 Å². The predicted molar refractivity (Wildman–Crippen MR) is 143 cm³/mol. The molecular formula is C29H36F4N2O2. The van der Waals surface area contributed by atoms with E-state index >= 15 is 0 Å². The zero-order chi connectivity index (χ0) is 26.8. The standard InChI is InChI=1S/C29H32F4N2O2.2H2/c1-3-6-20(4-2)11-16-28(36)35-24-8-5-7-23(17-24)34-27-15-14-25(18-26(27)29(31,32)33)37-19-21-9-12-22(30)13-10-21;;/h5,7-10,12-15,17-18,20,34H,3-4,6,11,16,19H2,1-2H3,(H,35,36);2*1H. The maximum absolute atomic E-state index is 13.8. The summed E-state index contributed by atoms with van der Waals surface area (Å²) >= 11 is 0. The van der Waals surface area contributed by atoms with Crippen LogP contribution in [-0.4, -0.2) is 5.91 Å². The van der Waals surface area contributed by atoms with Crippen LogP contribution in [0.15, 0.2) is 66.7 Å². The van der Waals surface area contributed by atoms with Crippen LogP contribution >= 0.6 is 0 Å². The molecule has 3 aromatic carbocycles. The first-order valence-corrected chi connectivity index (χ1v) is 12.4. The SMILES string of the molecule is CCCC(CC)CCC(=O)Nc1cccc(Nc2ccc(OCc3ccc(F)cc3)cc2C(F)(F)F)c1.[HH].[HH]. The van der Waals surface area contributed by atoms with Gasteiger partial charge in [0.05, 0.1) is 11.3 Å². The number of rotatable bonds is 12. The highest BCUT2D eigenvalue weighted by molar-refractivity contribution is 5.91. The van der Waals surface area contributed by atoms with E-state index in [2.05, 4.69) is 24.5 Å². The van der Waals surface area contributed by atoms with Crippen LogP contribution in [0.3, 0.4) is 0 Å². The highest BCUT2D eigenvalue weighted by Crippen LogP contribution is 2.38. The van der Waals surface area contributed by atoms with Crippen LogP contribution in [0, 0.1) is 11.7 Å². The summed E-state index contributed by atoms with van der Waals surface area (Å²) < 4.78 is 60.0. The van der Waals surface area contributed by atoms with Crippen molar-refractivity contribution in [1.29, 1.82) is 0 Å². The third-order valence-corrected chi connectivity index (χ3v) is 6.09. The molecule has 1 unspecified atom stereocenters. The second-order valence-electron chi connectivity index (χ2n) is 8.98. The lowest BCUT2D eigenvalue weighted by atomic mass is 9.95. The van der Waals surface area contributed by atoms with Gasteiger partial charge in [-0.05, 0) is 66.4 Å². The van der Waals surface area contributed by atoms with Crippen molar-refractivity contribution in [2.75, 3.05) is 10.6 Å². The number of carbonyl (C=O) groups excluding carboxylic acids is 1. The Morgan fingerprint density at radius 2 is 1.70 bits per heavy atom. The van der Waals surface area contributed by atoms with E-state index < -0.39 is 17.6 Å². The van der Waals surface area contributed by atoms with Gasteiger partial charge in [0.15, 0.2) is 0 Å². The van der Waals surface area contributed by atoms with E-state index in [-0.39, 0.29) is 26.8 Å². The highest BCUT2D eigenvalue weighted by atomic mass is 19.4. The Morgan fingerprint density at radius 1 is 0.973 bits per heavy atom. The van der Waals surface area contributed by atoms with Crippen LogP contribution in [-0.2, 0) is 17.6 Å². The number of alkyl halides is 3. The third-order valence-electron chi connectivity index (χ3n) is 6.09.